The molecule has 1 aliphatic heterocycles. The maximum absolute atomic E-state index is 12.5. The van der Waals surface area contributed by atoms with Gasteiger partial charge < -0.3 is 10.6 Å². The number of amides is 4. The van der Waals surface area contributed by atoms with E-state index in [0.29, 0.717) is 16.6 Å². The summed E-state index contributed by atoms with van der Waals surface area (Å²) in [6.45, 7) is 0.531. The number of fused-ring (bicyclic) bond motifs is 1. The van der Waals surface area contributed by atoms with E-state index in [1.165, 1.54) is 10.9 Å². The molecule has 3 aromatic rings. The summed E-state index contributed by atoms with van der Waals surface area (Å²) < 4.78 is 1.45. The highest BCUT2D eigenvalue weighted by Crippen LogP contribution is 2.20. The van der Waals surface area contributed by atoms with E-state index in [4.69, 9.17) is 0 Å². The van der Waals surface area contributed by atoms with Crippen molar-refractivity contribution < 1.29 is 14.4 Å². The van der Waals surface area contributed by atoms with Gasteiger partial charge in [-0.3, -0.25) is 19.0 Å². The van der Waals surface area contributed by atoms with E-state index in [0.717, 1.165) is 4.90 Å². The van der Waals surface area contributed by atoms with Gasteiger partial charge in [0.2, 0.25) is 5.91 Å². The van der Waals surface area contributed by atoms with E-state index in [1.54, 1.807) is 48.5 Å². The van der Waals surface area contributed by atoms with Crippen molar-refractivity contribution in [2.75, 3.05) is 11.4 Å². The minimum Gasteiger partial charge on any atom is -0.354 e. The van der Waals surface area contributed by atoms with E-state index in [1.807, 2.05) is 6.07 Å². The van der Waals surface area contributed by atoms with Gasteiger partial charge in [0.15, 0.2) is 0 Å². The van der Waals surface area contributed by atoms with Crippen LogP contribution in [0.5, 0.6) is 0 Å². The van der Waals surface area contributed by atoms with Gasteiger partial charge in [-0.05, 0) is 30.7 Å². The fourth-order valence-electron chi connectivity index (χ4n) is 3.49. The highest BCUT2D eigenvalue weighted by atomic mass is 16.2. The number of para-hydroxylation sites is 2. The summed E-state index contributed by atoms with van der Waals surface area (Å²) in [5.74, 6) is -0.639. The van der Waals surface area contributed by atoms with Gasteiger partial charge >= 0.3 is 6.03 Å². The van der Waals surface area contributed by atoms with Crippen molar-refractivity contribution >= 4 is 34.4 Å². The molecule has 0 saturated carbocycles. The van der Waals surface area contributed by atoms with Crippen LogP contribution in [0.1, 0.15) is 12.8 Å². The highest BCUT2D eigenvalue weighted by Gasteiger charge is 2.38. The Labute approximate surface area is 177 Å². The molecule has 9 heteroatoms. The Kier molecular flexibility index (Phi) is 5.74. The number of urea groups is 1. The Hall–Kier alpha value is -4.01. The largest absolute Gasteiger partial charge is 0.354 e. The summed E-state index contributed by atoms with van der Waals surface area (Å²) >= 11 is 0. The third-order valence-electron chi connectivity index (χ3n) is 5.10. The van der Waals surface area contributed by atoms with Crippen LogP contribution in [0.3, 0.4) is 0 Å². The minimum atomic E-state index is -0.745. The van der Waals surface area contributed by atoms with E-state index < -0.39 is 12.1 Å². The van der Waals surface area contributed by atoms with Crippen LogP contribution in [-0.2, 0) is 16.1 Å². The van der Waals surface area contributed by atoms with Crippen LogP contribution >= 0.6 is 0 Å². The first-order chi connectivity index (χ1) is 15.0. The molecule has 0 unspecified atom stereocenters. The molecule has 2 heterocycles. The number of carbonyl (C=O) groups is 3. The van der Waals surface area contributed by atoms with Crippen molar-refractivity contribution in [2.45, 2.75) is 25.4 Å². The molecular formula is C22H21N5O4. The van der Waals surface area contributed by atoms with Crippen LogP contribution in [0.25, 0.3) is 10.9 Å². The molecule has 158 valence electrons. The average molecular weight is 419 g/mol. The van der Waals surface area contributed by atoms with Crippen LogP contribution in [0, 0.1) is 0 Å². The van der Waals surface area contributed by atoms with E-state index in [2.05, 4.69) is 15.6 Å². The molecular weight excluding hydrogens is 398 g/mol. The second kappa shape index (κ2) is 8.78. The predicted molar refractivity (Wildman–Crippen MR) is 114 cm³/mol. The first-order valence-electron chi connectivity index (χ1n) is 9.95. The second-order valence-electron chi connectivity index (χ2n) is 7.16. The summed E-state index contributed by atoms with van der Waals surface area (Å²) in [6.07, 6.45) is 1.73. The number of hydrogen-bond acceptors (Lipinski definition) is 5. The maximum Gasteiger partial charge on any atom is 0.329 e. The Bertz CT molecular complexity index is 1190. The van der Waals surface area contributed by atoms with Crippen molar-refractivity contribution in [3.8, 4) is 0 Å². The Morgan fingerprint density at radius 3 is 2.58 bits per heavy atom. The van der Waals surface area contributed by atoms with Gasteiger partial charge in [0.05, 0.1) is 22.9 Å². The lowest BCUT2D eigenvalue weighted by atomic mass is 10.1. The zero-order valence-corrected chi connectivity index (χ0v) is 16.7. The molecule has 0 aliphatic carbocycles. The first-order valence-corrected chi connectivity index (χ1v) is 9.95. The number of nitrogens with zero attached hydrogens (tertiary/aromatic N) is 3. The smallest absolute Gasteiger partial charge is 0.329 e. The van der Waals surface area contributed by atoms with Crippen LogP contribution in [-0.4, -0.2) is 40.0 Å². The van der Waals surface area contributed by atoms with Gasteiger partial charge in [-0.25, -0.2) is 14.7 Å². The Morgan fingerprint density at radius 1 is 1.03 bits per heavy atom. The molecule has 2 N–H and O–H groups in total. The van der Waals surface area contributed by atoms with Gasteiger partial charge in [0, 0.05) is 19.5 Å². The molecule has 1 atom stereocenters. The molecule has 1 fully saturated rings. The average Bonchev–Trinajstić information content (AvgIpc) is 3.07. The van der Waals surface area contributed by atoms with Crippen molar-refractivity contribution in [1.82, 2.24) is 20.2 Å². The Balaban J connectivity index is 1.27. The summed E-state index contributed by atoms with van der Waals surface area (Å²) in [4.78, 5) is 54.6. The lowest BCUT2D eigenvalue weighted by Gasteiger charge is -2.12. The monoisotopic (exact) mass is 419 g/mol. The molecule has 0 spiro atoms. The number of aromatic nitrogens is 2. The summed E-state index contributed by atoms with van der Waals surface area (Å²) in [5.41, 5.74) is 0.951. The molecule has 1 aliphatic rings. The lowest BCUT2D eigenvalue weighted by molar-refractivity contribution is -0.121. The number of hydrogen-bond donors (Lipinski definition) is 2. The van der Waals surface area contributed by atoms with Gasteiger partial charge in [0.25, 0.3) is 11.5 Å². The van der Waals surface area contributed by atoms with E-state index >= 15 is 0 Å². The van der Waals surface area contributed by atoms with Gasteiger partial charge in [-0.15, -0.1) is 0 Å². The van der Waals surface area contributed by atoms with Crippen molar-refractivity contribution in [2.24, 2.45) is 0 Å². The minimum absolute atomic E-state index is 0.0736. The summed E-state index contributed by atoms with van der Waals surface area (Å²) in [6, 6.07) is 14.5. The topological polar surface area (TPSA) is 113 Å². The number of anilines is 1. The fraction of sp³-hybridized carbons (Fsp3) is 0.227. The van der Waals surface area contributed by atoms with Gasteiger partial charge in [-0.2, -0.15) is 0 Å². The molecule has 31 heavy (non-hydrogen) atoms. The number of imide groups is 1. The van der Waals surface area contributed by atoms with Crippen LogP contribution in [0.15, 0.2) is 65.7 Å². The zero-order valence-electron chi connectivity index (χ0n) is 16.7. The summed E-state index contributed by atoms with van der Waals surface area (Å²) in [5, 5.41) is 5.88. The molecule has 1 saturated heterocycles. The molecule has 2 aromatic carbocycles. The second-order valence-corrected chi connectivity index (χ2v) is 7.16. The molecule has 1 aromatic heterocycles. The number of nitrogens with one attached hydrogen (secondary N) is 2. The van der Waals surface area contributed by atoms with E-state index in [9.17, 15) is 19.2 Å². The first kappa shape index (κ1) is 20.3. The van der Waals surface area contributed by atoms with Gasteiger partial charge in [-0.1, -0.05) is 30.3 Å². The lowest BCUT2D eigenvalue weighted by Crippen LogP contribution is -2.34. The summed E-state index contributed by atoms with van der Waals surface area (Å²) in [7, 11) is 0. The number of rotatable bonds is 7. The third kappa shape index (κ3) is 4.30. The molecule has 4 rings (SSSR count). The predicted octanol–water partition coefficient (Wildman–Crippen LogP) is 1.42. The molecule has 4 amide bonds. The zero-order chi connectivity index (χ0) is 21.8. The van der Waals surface area contributed by atoms with Crippen molar-refractivity contribution in [1.29, 1.82) is 0 Å². The van der Waals surface area contributed by atoms with Gasteiger partial charge in [0.1, 0.15) is 6.04 Å². The molecule has 9 nitrogen and oxygen atoms in total. The SMILES string of the molecule is O=C(CC[C@@H]1NC(=O)N(c2ccccc2)C1=O)NCCn1cnc2ccccc2c1=O. The fourth-order valence-corrected chi connectivity index (χ4v) is 3.49. The van der Waals surface area contributed by atoms with Crippen LogP contribution < -0.4 is 21.1 Å². The van der Waals surface area contributed by atoms with E-state index in [-0.39, 0.29) is 43.3 Å². The molecule has 0 radical (unpaired) electrons. The number of benzene rings is 2. The van der Waals surface area contributed by atoms with Crippen LogP contribution in [0.4, 0.5) is 10.5 Å². The third-order valence-corrected chi connectivity index (χ3v) is 5.10. The normalized spacial score (nSPS) is 15.9. The molecule has 0 bridgehead atoms. The van der Waals surface area contributed by atoms with Crippen molar-refractivity contribution in [3.05, 3.63) is 71.3 Å². The maximum atomic E-state index is 12.5. The number of carbonyl (C=O) groups excluding carboxylic acids is 3. The quantitative estimate of drug-likeness (QED) is 0.563. The Morgan fingerprint density at radius 2 is 1.77 bits per heavy atom. The standard InChI is InChI=1S/C22H21N5O4/c28-19(23-12-13-26-14-24-17-9-5-4-8-16(17)20(26)29)11-10-18-21(30)27(22(31)25-18)15-6-2-1-3-7-15/h1-9,14,18H,10-13H2,(H,23,28)(H,25,31)/t18-/m0/s1. The van der Waals surface area contributed by atoms with Crippen molar-refractivity contribution in [3.63, 3.8) is 0 Å². The highest BCUT2D eigenvalue weighted by molar-refractivity contribution is 6.21. The van der Waals surface area contributed by atoms with Crippen LogP contribution in [0.2, 0.25) is 0 Å².